The Morgan fingerprint density at radius 3 is 2.20 bits per heavy atom. The SMILES string of the molecule is CC(=O)Nc1cccc([As](=O)(O)OO)c1.Cc1ccc(C(=O)O)cc1. The summed E-state index contributed by atoms with van der Waals surface area (Å²) in [5.74, 6) is -1.17. The number of amides is 1. The zero-order valence-corrected chi connectivity index (χ0v) is 15.4. The first-order valence-corrected chi connectivity index (χ1v) is 10.3. The molecule has 25 heavy (non-hydrogen) atoms. The van der Waals surface area contributed by atoms with E-state index in [1.54, 1.807) is 30.3 Å². The molecule has 1 unspecified atom stereocenters. The van der Waals surface area contributed by atoms with Gasteiger partial charge in [0.1, 0.15) is 0 Å². The van der Waals surface area contributed by atoms with Crippen molar-refractivity contribution < 1.29 is 31.7 Å². The number of rotatable bonds is 4. The molecule has 0 aromatic heterocycles. The van der Waals surface area contributed by atoms with Gasteiger partial charge in [0.05, 0.1) is 5.56 Å². The van der Waals surface area contributed by atoms with Crippen molar-refractivity contribution in [3.05, 3.63) is 59.7 Å². The first-order valence-electron chi connectivity index (χ1n) is 7.00. The van der Waals surface area contributed by atoms with Gasteiger partial charge in [-0.1, -0.05) is 17.7 Å². The molecule has 0 aliphatic carbocycles. The number of hydrogen-bond acceptors (Lipinski definition) is 5. The van der Waals surface area contributed by atoms with E-state index in [2.05, 4.69) is 9.19 Å². The van der Waals surface area contributed by atoms with Crippen molar-refractivity contribution in [3.8, 4) is 0 Å². The van der Waals surface area contributed by atoms with E-state index in [9.17, 15) is 17.4 Å². The van der Waals surface area contributed by atoms with Gasteiger partial charge in [0.15, 0.2) is 0 Å². The van der Waals surface area contributed by atoms with Crippen molar-refractivity contribution in [1.29, 1.82) is 0 Å². The van der Waals surface area contributed by atoms with Crippen LogP contribution in [-0.2, 0) is 12.4 Å². The third-order valence-electron chi connectivity index (χ3n) is 2.90. The van der Waals surface area contributed by atoms with Crippen LogP contribution in [0, 0.1) is 6.92 Å². The summed E-state index contributed by atoms with van der Waals surface area (Å²) in [5, 5.41) is 19.2. The number of carboxylic acids is 1. The second-order valence-corrected chi connectivity index (χ2v) is 8.61. The molecule has 2 aromatic rings. The third kappa shape index (κ3) is 6.94. The molecule has 9 heteroatoms. The van der Waals surface area contributed by atoms with Crippen molar-refractivity contribution in [2.45, 2.75) is 13.8 Å². The molecule has 0 fully saturated rings. The molecule has 0 spiro atoms. The van der Waals surface area contributed by atoms with E-state index in [-0.39, 0.29) is 10.3 Å². The average Bonchev–Trinajstić information content (AvgIpc) is 2.55. The maximum atomic E-state index is 11.3. The molecule has 2 rings (SSSR count). The Balaban J connectivity index is 0.000000271. The second kappa shape index (κ2) is 9.19. The van der Waals surface area contributed by atoms with Crippen molar-refractivity contribution in [2.24, 2.45) is 0 Å². The molecular weight excluding hydrogens is 393 g/mol. The number of carbonyl (C=O) groups excluding carboxylic acids is 1. The maximum Gasteiger partial charge on any atom is 0.335 e. The van der Waals surface area contributed by atoms with E-state index in [0.29, 0.717) is 11.3 Å². The maximum absolute atomic E-state index is 11.3. The molecule has 1 atom stereocenters. The summed E-state index contributed by atoms with van der Waals surface area (Å²) in [7, 11) is 0. The molecule has 0 bridgehead atoms. The number of aromatic carboxylic acids is 1. The van der Waals surface area contributed by atoms with E-state index in [4.69, 9.17) is 10.4 Å². The van der Waals surface area contributed by atoms with Crippen LogP contribution in [0.3, 0.4) is 0 Å². The van der Waals surface area contributed by atoms with Gasteiger partial charge in [-0.05, 0) is 19.1 Å². The fraction of sp³-hybridized carbons (Fsp3) is 0.125. The smallest absolute Gasteiger partial charge is 0.335 e. The van der Waals surface area contributed by atoms with Gasteiger partial charge in [0.25, 0.3) is 0 Å². The van der Waals surface area contributed by atoms with Gasteiger partial charge in [-0.25, -0.2) is 4.79 Å². The molecule has 0 saturated carbocycles. The van der Waals surface area contributed by atoms with Crippen LogP contribution in [0.1, 0.15) is 22.8 Å². The number of hydrogen-bond donors (Lipinski definition) is 4. The molecule has 0 saturated heterocycles. The van der Waals surface area contributed by atoms with E-state index < -0.39 is 20.1 Å². The summed E-state index contributed by atoms with van der Waals surface area (Å²) in [6, 6.07) is 12.4. The van der Waals surface area contributed by atoms with Crippen molar-refractivity contribution in [3.63, 3.8) is 0 Å². The average molecular weight is 411 g/mol. The Kier molecular flexibility index (Phi) is 7.60. The number of nitrogens with one attached hydrogen (secondary N) is 1. The molecule has 2 aromatic carbocycles. The Morgan fingerprint density at radius 2 is 1.72 bits per heavy atom. The van der Waals surface area contributed by atoms with Crippen molar-refractivity contribution >= 4 is 36.1 Å². The standard InChI is InChI=1S/C8H10AsNO5.C8H8O2/c1-6(11)10-8-4-2-3-7(5-8)9(12,13)15-14;1-6-2-4-7(5-3-6)8(9)10/h2-5,14H,1H3,(H,10,11)(H,12,13);2-5H,1H3,(H,9,10). The quantitative estimate of drug-likeness (QED) is 0.340. The van der Waals surface area contributed by atoms with Crippen LogP contribution in [0.25, 0.3) is 0 Å². The zero-order chi connectivity index (χ0) is 19.0. The van der Waals surface area contributed by atoms with Crippen LogP contribution in [0.4, 0.5) is 5.69 Å². The minimum absolute atomic E-state index is 0.0399. The zero-order valence-electron chi connectivity index (χ0n) is 13.5. The van der Waals surface area contributed by atoms with E-state index in [0.717, 1.165) is 5.56 Å². The van der Waals surface area contributed by atoms with Crippen molar-refractivity contribution in [2.75, 3.05) is 5.32 Å². The predicted molar refractivity (Wildman–Crippen MR) is 90.9 cm³/mol. The van der Waals surface area contributed by atoms with Crippen LogP contribution in [-0.4, -0.2) is 40.5 Å². The molecule has 0 heterocycles. The fourth-order valence-electron chi connectivity index (χ4n) is 1.71. The summed E-state index contributed by atoms with van der Waals surface area (Å²) in [5.41, 5.74) is 1.78. The van der Waals surface area contributed by atoms with Crippen LogP contribution in [0.5, 0.6) is 0 Å². The van der Waals surface area contributed by atoms with E-state index in [1.807, 2.05) is 6.92 Å². The van der Waals surface area contributed by atoms with E-state index >= 15 is 0 Å². The topological polar surface area (TPSA) is 133 Å². The third-order valence-corrected chi connectivity index (χ3v) is 5.32. The van der Waals surface area contributed by atoms with Gasteiger partial charge >= 0.3 is 94.4 Å². The molecular formula is C16H18AsNO7. The first kappa shape index (κ1) is 20.7. The molecule has 134 valence electrons. The minimum atomic E-state index is -4.83. The molecule has 0 aliphatic rings. The Bertz CT molecular complexity index is 789. The predicted octanol–water partition coefficient (Wildman–Crippen LogP) is 1.40. The number of aryl methyl sites for hydroxylation is 1. The normalized spacial score (nSPS) is 12.3. The van der Waals surface area contributed by atoms with Gasteiger partial charge in [-0.15, -0.1) is 0 Å². The van der Waals surface area contributed by atoms with Gasteiger partial charge in [0, 0.05) is 0 Å². The Hall–Kier alpha value is -2.38. The van der Waals surface area contributed by atoms with Gasteiger partial charge in [-0.3, -0.25) is 0 Å². The summed E-state index contributed by atoms with van der Waals surface area (Å²) < 4.78 is 23.9. The monoisotopic (exact) mass is 411 g/mol. The van der Waals surface area contributed by atoms with Gasteiger partial charge in [-0.2, -0.15) is 0 Å². The minimum Gasteiger partial charge on any atom is -0.478 e. The van der Waals surface area contributed by atoms with E-state index in [1.165, 1.54) is 25.1 Å². The van der Waals surface area contributed by atoms with Crippen LogP contribution in [0.2, 0.25) is 0 Å². The summed E-state index contributed by atoms with van der Waals surface area (Å²) in [6.45, 7) is 3.24. The molecule has 0 radical (unpaired) electrons. The van der Waals surface area contributed by atoms with Crippen molar-refractivity contribution in [1.82, 2.24) is 0 Å². The van der Waals surface area contributed by atoms with Crippen LogP contribution in [0.15, 0.2) is 48.5 Å². The summed E-state index contributed by atoms with van der Waals surface area (Å²) in [6.07, 6.45) is 0. The largest absolute Gasteiger partial charge is 0.478 e. The molecule has 8 nitrogen and oxygen atoms in total. The fourth-order valence-corrected chi connectivity index (χ4v) is 3.11. The number of benzene rings is 2. The van der Waals surface area contributed by atoms with Gasteiger partial charge < -0.3 is 5.11 Å². The summed E-state index contributed by atoms with van der Waals surface area (Å²) >= 11 is -4.83. The summed E-state index contributed by atoms with van der Waals surface area (Å²) in [4.78, 5) is 21.0. The molecule has 4 N–H and O–H groups in total. The van der Waals surface area contributed by atoms with Crippen LogP contribution >= 0.6 is 0 Å². The first-order chi connectivity index (χ1) is 11.7. The number of carbonyl (C=O) groups is 2. The number of anilines is 1. The number of carboxylic acid groups (broad SMARTS) is 1. The second-order valence-electron chi connectivity index (χ2n) is 5.00. The molecule has 1 amide bonds. The molecule has 0 aliphatic heterocycles. The Labute approximate surface area is 147 Å². The Morgan fingerprint density at radius 1 is 1.12 bits per heavy atom. The van der Waals surface area contributed by atoms with Gasteiger partial charge in [0.2, 0.25) is 0 Å². The van der Waals surface area contributed by atoms with Crippen LogP contribution < -0.4 is 9.67 Å².